The first-order chi connectivity index (χ1) is 11.7. The van der Waals surface area contributed by atoms with Crippen LogP contribution in [0.15, 0.2) is 10.7 Å². The fraction of sp³-hybridized carbons (Fsp3) is 0.700. The molecule has 0 N–H and O–H groups in total. The van der Waals surface area contributed by atoms with Crippen molar-refractivity contribution in [3.8, 4) is 0 Å². The molecule has 4 rings (SSSR count). The van der Waals surface area contributed by atoms with Gasteiger partial charge >= 0.3 is 5.97 Å². The number of fused-ring (bicyclic) bond motifs is 1. The van der Waals surface area contributed by atoms with Crippen molar-refractivity contribution in [2.75, 3.05) is 0 Å². The van der Waals surface area contributed by atoms with E-state index in [0.29, 0.717) is 12.2 Å². The van der Waals surface area contributed by atoms with Gasteiger partial charge in [0.1, 0.15) is 6.10 Å². The predicted octanol–water partition coefficient (Wildman–Crippen LogP) is 3.99. The minimum atomic E-state index is -0.898. The molecule has 136 valence electrons. The summed E-state index contributed by atoms with van der Waals surface area (Å²) in [5.74, 6) is 0.430. The monoisotopic (exact) mass is 346 g/mol. The van der Waals surface area contributed by atoms with Crippen molar-refractivity contribution in [1.29, 1.82) is 0 Å². The van der Waals surface area contributed by atoms with Crippen molar-refractivity contribution in [3.63, 3.8) is 0 Å². The molecular formula is C20H26O5. The molecule has 3 aliphatic rings. The van der Waals surface area contributed by atoms with Gasteiger partial charge in [0.05, 0.1) is 17.8 Å². The molecule has 2 fully saturated rings. The van der Waals surface area contributed by atoms with Gasteiger partial charge in [0.15, 0.2) is 11.4 Å². The van der Waals surface area contributed by atoms with E-state index >= 15 is 0 Å². The number of ether oxygens (including phenoxy) is 2. The zero-order valence-electron chi connectivity index (χ0n) is 15.5. The van der Waals surface area contributed by atoms with Crippen molar-refractivity contribution < 1.29 is 23.5 Å². The molecule has 0 unspecified atom stereocenters. The highest BCUT2D eigenvalue weighted by molar-refractivity contribution is 6.06. The molecule has 1 saturated carbocycles. The summed E-state index contributed by atoms with van der Waals surface area (Å²) in [5.41, 5.74) is 0.126. The van der Waals surface area contributed by atoms with Crippen LogP contribution in [-0.4, -0.2) is 23.5 Å². The van der Waals surface area contributed by atoms with Crippen LogP contribution >= 0.6 is 0 Å². The van der Waals surface area contributed by atoms with E-state index in [4.69, 9.17) is 13.9 Å². The first-order valence-corrected chi connectivity index (χ1v) is 9.23. The summed E-state index contributed by atoms with van der Waals surface area (Å²) in [4.78, 5) is 25.7. The molecule has 1 aromatic rings. The molecule has 1 aromatic heterocycles. The third kappa shape index (κ3) is 1.99. The molecule has 0 radical (unpaired) electrons. The Morgan fingerprint density at radius 1 is 1.40 bits per heavy atom. The van der Waals surface area contributed by atoms with Crippen molar-refractivity contribution in [2.45, 2.75) is 71.7 Å². The smallest absolute Gasteiger partial charge is 0.306 e. The van der Waals surface area contributed by atoms with Crippen molar-refractivity contribution in [1.82, 2.24) is 0 Å². The van der Waals surface area contributed by atoms with Crippen LogP contribution < -0.4 is 0 Å². The summed E-state index contributed by atoms with van der Waals surface area (Å²) >= 11 is 0. The van der Waals surface area contributed by atoms with Gasteiger partial charge in [-0.15, -0.1) is 0 Å². The van der Waals surface area contributed by atoms with Crippen LogP contribution in [0.5, 0.6) is 0 Å². The van der Waals surface area contributed by atoms with Crippen LogP contribution in [0.1, 0.15) is 74.7 Å². The summed E-state index contributed by atoms with van der Waals surface area (Å²) in [6.45, 7) is 10.1. The highest BCUT2D eigenvalue weighted by Gasteiger charge is 2.80. The Labute approximate surface area is 148 Å². The van der Waals surface area contributed by atoms with Crippen molar-refractivity contribution in [2.24, 2.45) is 17.3 Å². The Kier molecular flexibility index (Phi) is 3.50. The van der Waals surface area contributed by atoms with Gasteiger partial charge in [-0.1, -0.05) is 27.7 Å². The van der Waals surface area contributed by atoms with E-state index in [1.807, 2.05) is 20.8 Å². The zero-order valence-corrected chi connectivity index (χ0v) is 15.5. The molecule has 5 heteroatoms. The van der Waals surface area contributed by atoms with Crippen LogP contribution in [0, 0.1) is 24.2 Å². The quantitative estimate of drug-likeness (QED) is 0.611. The fourth-order valence-electron chi connectivity index (χ4n) is 5.01. The standard InChI is InChI=1S/C20H26O5/c1-10(2)8-14(21)24-18-15-11(3)9-23-16(15)17(22)20-13(25-20)7-6-12(4)19(18,20)5/h9-10,12-13,18H,6-8H2,1-5H3/t12-,13+,18+,19-,20-/m0/s1. The van der Waals surface area contributed by atoms with Gasteiger partial charge in [-0.3, -0.25) is 9.59 Å². The molecule has 2 heterocycles. The van der Waals surface area contributed by atoms with E-state index in [2.05, 4.69) is 13.8 Å². The number of Topliss-reactive ketones (excluding diaryl/α,β-unsaturated/α-hetero) is 1. The molecule has 2 aliphatic carbocycles. The second-order valence-electron chi connectivity index (χ2n) is 8.56. The number of carbonyl (C=O) groups is 2. The third-order valence-electron chi connectivity index (χ3n) is 6.61. The average molecular weight is 346 g/mol. The number of aryl methyl sites for hydroxylation is 1. The SMILES string of the molecule is Cc1coc2c1[C@@H](OC(=O)CC(C)C)[C@]1(C)[C@@H](C)CC[C@H]3O[C@]31C2=O. The van der Waals surface area contributed by atoms with E-state index in [1.165, 1.54) is 0 Å². The largest absolute Gasteiger partial charge is 0.460 e. The molecule has 5 atom stereocenters. The van der Waals surface area contributed by atoms with Crippen LogP contribution in [-0.2, 0) is 14.3 Å². The third-order valence-corrected chi connectivity index (χ3v) is 6.61. The van der Waals surface area contributed by atoms with Gasteiger partial charge in [0.25, 0.3) is 0 Å². The van der Waals surface area contributed by atoms with E-state index < -0.39 is 17.1 Å². The molecule has 25 heavy (non-hydrogen) atoms. The Balaban J connectivity index is 1.84. The van der Waals surface area contributed by atoms with Crippen LogP contribution in [0.25, 0.3) is 0 Å². The maximum absolute atomic E-state index is 13.2. The Morgan fingerprint density at radius 3 is 2.80 bits per heavy atom. The summed E-state index contributed by atoms with van der Waals surface area (Å²) in [6.07, 6.45) is 3.17. The second-order valence-corrected chi connectivity index (χ2v) is 8.56. The molecule has 1 saturated heterocycles. The van der Waals surface area contributed by atoms with Gasteiger partial charge in [-0.05, 0) is 37.2 Å². The number of carbonyl (C=O) groups excluding carboxylic acids is 2. The van der Waals surface area contributed by atoms with Gasteiger partial charge in [-0.2, -0.15) is 0 Å². The summed E-state index contributed by atoms with van der Waals surface area (Å²) in [7, 11) is 0. The number of furan rings is 1. The molecule has 5 nitrogen and oxygen atoms in total. The highest BCUT2D eigenvalue weighted by Crippen LogP contribution is 2.69. The number of ketones is 1. The normalized spacial score (nSPS) is 38.8. The summed E-state index contributed by atoms with van der Waals surface area (Å²) in [5, 5.41) is 0. The molecule has 1 aliphatic heterocycles. The average Bonchev–Trinajstić information content (AvgIpc) is 3.16. The van der Waals surface area contributed by atoms with Gasteiger partial charge in [-0.25, -0.2) is 0 Å². The lowest BCUT2D eigenvalue weighted by Crippen LogP contribution is -2.57. The van der Waals surface area contributed by atoms with E-state index in [9.17, 15) is 9.59 Å². The van der Waals surface area contributed by atoms with E-state index in [-0.39, 0.29) is 29.7 Å². The first kappa shape index (κ1) is 16.8. The Bertz CT molecular complexity index is 747. The molecule has 0 bridgehead atoms. The van der Waals surface area contributed by atoms with Gasteiger partial charge < -0.3 is 13.9 Å². The van der Waals surface area contributed by atoms with Crippen LogP contribution in [0.4, 0.5) is 0 Å². The Hall–Kier alpha value is -1.62. The summed E-state index contributed by atoms with van der Waals surface area (Å²) in [6, 6.07) is 0. The topological polar surface area (TPSA) is 69.0 Å². The lowest BCUT2D eigenvalue weighted by molar-refractivity contribution is -0.166. The van der Waals surface area contributed by atoms with Crippen LogP contribution in [0.3, 0.4) is 0 Å². The van der Waals surface area contributed by atoms with Crippen molar-refractivity contribution >= 4 is 11.8 Å². The highest BCUT2D eigenvalue weighted by atomic mass is 16.6. The lowest BCUT2D eigenvalue weighted by Gasteiger charge is -2.49. The second kappa shape index (κ2) is 5.19. The zero-order chi connectivity index (χ0) is 18.1. The van der Waals surface area contributed by atoms with Crippen LogP contribution in [0.2, 0.25) is 0 Å². The summed E-state index contributed by atoms with van der Waals surface area (Å²) < 4.78 is 17.6. The van der Waals surface area contributed by atoms with Crippen molar-refractivity contribution in [3.05, 3.63) is 23.2 Å². The van der Waals surface area contributed by atoms with Gasteiger partial charge in [0.2, 0.25) is 5.78 Å². The number of hydrogen-bond acceptors (Lipinski definition) is 5. The molecule has 1 spiro atoms. The minimum Gasteiger partial charge on any atom is -0.460 e. The fourth-order valence-corrected chi connectivity index (χ4v) is 5.01. The Morgan fingerprint density at radius 2 is 2.12 bits per heavy atom. The molecule has 0 amide bonds. The van der Waals surface area contributed by atoms with E-state index in [1.54, 1.807) is 6.26 Å². The maximum atomic E-state index is 13.2. The number of epoxide rings is 1. The predicted molar refractivity (Wildman–Crippen MR) is 90.2 cm³/mol. The maximum Gasteiger partial charge on any atom is 0.306 e. The number of hydrogen-bond donors (Lipinski definition) is 0. The first-order valence-electron chi connectivity index (χ1n) is 9.23. The molecule has 0 aromatic carbocycles. The molecular weight excluding hydrogens is 320 g/mol. The minimum absolute atomic E-state index is 0.0780. The van der Waals surface area contributed by atoms with E-state index in [0.717, 1.165) is 24.0 Å². The number of esters is 1. The lowest BCUT2D eigenvalue weighted by atomic mass is 9.53. The number of rotatable bonds is 3. The van der Waals surface area contributed by atoms with Gasteiger partial charge in [0, 0.05) is 12.0 Å².